The van der Waals surface area contributed by atoms with Gasteiger partial charge in [0.1, 0.15) is 5.41 Å². The van der Waals surface area contributed by atoms with Crippen molar-refractivity contribution >= 4 is 11.8 Å². The molecule has 0 saturated carbocycles. The van der Waals surface area contributed by atoms with Crippen molar-refractivity contribution in [1.29, 1.82) is 0 Å². The monoisotopic (exact) mass is 327 g/mol. The number of benzene rings is 1. The van der Waals surface area contributed by atoms with Crippen molar-refractivity contribution in [3.63, 3.8) is 0 Å². The van der Waals surface area contributed by atoms with Gasteiger partial charge in [-0.2, -0.15) is 0 Å². The van der Waals surface area contributed by atoms with Gasteiger partial charge in [-0.05, 0) is 25.3 Å². The lowest BCUT2D eigenvalue weighted by atomic mass is 9.72. The number of carbonyl (C=O) groups is 2. The summed E-state index contributed by atoms with van der Waals surface area (Å²) in [5.41, 5.74) is 0.642. The number of hydrogen-bond acceptors (Lipinski definition) is 4. The smallest absolute Gasteiger partial charge is 0.319 e. The second-order valence-electron chi connectivity index (χ2n) is 6.11. The van der Waals surface area contributed by atoms with Gasteiger partial charge in [-0.3, -0.25) is 14.5 Å². The zero-order chi connectivity index (χ0) is 17.6. The molecule has 1 aromatic carbocycles. The zero-order valence-electron chi connectivity index (χ0n) is 14.5. The van der Waals surface area contributed by atoms with Crippen LogP contribution in [-0.2, 0) is 9.53 Å². The van der Waals surface area contributed by atoms with Crippen LogP contribution in [0.3, 0.4) is 0 Å². The molecule has 1 aliphatic heterocycles. The van der Waals surface area contributed by atoms with E-state index < -0.39 is 11.4 Å². The van der Waals surface area contributed by atoms with Crippen LogP contribution in [0.15, 0.2) is 54.6 Å². The quantitative estimate of drug-likeness (QED) is 0.348. The maximum absolute atomic E-state index is 13.0. The molecule has 1 fully saturated rings. The highest BCUT2D eigenvalue weighted by atomic mass is 16.5. The molecule has 0 atom stereocenters. The molecule has 128 valence electrons. The molecule has 0 radical (unpaired) electrons. The van der Waals surface area contributed by atoms with Crippen LogP contribution in [-0.4, -0.2) is 43.4 Å². The molecular weight excluding hydrogens is 302 g/mol. The molecule has 1 heterocycles. The van der Waals surface area contributed by atoms with E-state index in [2.05, 4.69) is 11.5 Å². The lowest BCUT2D eigenvalue weighted by Crippen LogP contribution is -2.49. The van der Waals surface area contributed by atoms with Gasteiger partial charge in [-0.1, -0.05) is 49.1 Å². The second kappa shape index (κ2) is 8.06. The normalized spacial score (nSPS) is 18.0. The molecule has 1 aliphatic rings. The number of piperidine rings is 1. The lowest BCUT2D eigenvalue weighted by molar-refractivity contribution is -0.152. The number of ketones is 1. The third-order valence-electron chi connectivity index (χ3n) is 4.80. The molecule has 2 rings (SSSR count). The molecule has 24 heavy (non-hydrogen) atoms. The number of carbonyl (C=O) groups excluding carboxylic acids is 2. The standard InChI is InChI=1S/C20H25NO3/c1-4-16(5-2)15-21-13-11-20(12-14-21,19(23)24-3)18(22)17-9-7-6-8-10-17/h4-10H,1,11-15H2,2-3H3/b16-5+. The van der Waals surface area contributed by atoms with Crippen LogP contribution in [0, 0.1) is 5.41 Å². The number of nitrogens with zero attached hydrogens (tertiary/aromatic N) is 1. The SMILES string of the molecule is C=C/C(=C\C)CN1CCC(C(=O)OC)(C(=O)c2ccccc2)CC1. The first kappa shape index (κ1) is 18.1. The number of rotatable bonds is 6. The summed E-state index contributed by atoms with van der Waals surface area (Å²) in [6.45, 7) is 7.94. The van der Waals surface area contributed by atoms with E-state index in [-0.39, 0.29) is 5.78 Å². The number of hydrogen-bond donors (Lipinski definition) is 0. The summed E-state index contributed by atoms with van der Waals surface area (Å²) in [4.78, 5) is 27.7. The van der Waals surface area contributed by atoms with Crippen molar-refractivity contribution in [3.05, 3.63) is 60.2 Å². The maximum atomic E-state index is 13.0. The fraction of sp³-hybridized carbons (Fsp3) is 0.400. The van der Waals surface area contributed by atoms with Gasteiger partial charge in [-0.25, -0.2) is 0 Å². The summed E-state index contributed by atoms with van der Waals surface area (Å²) in [5, 5.41) is 0. The van der Waals surface area contributed by atoms with Crippen molar-refractivity contribution in [3.8, 4) is 0 Å². The number of esters is 1. The molecule has 0 spiro atoms. The third kappa shape index (κ3) is 3.65. The fourth-order valence-corrected chi connectivity index (χ4v) is 3.21. The van der Waals surface area contributed by atoms with Crippen molar-refractivity contribution in [1.82, 2.24) is 4.90 Å². The molecular formula is C20H25NO3. The van der Waals surface area contributed by atoms with Crippen LogP contribution in [0.5, 0.6) is 0 Å². The van der Waals surface area contributed by atoms with Crippen molar-refractivity contribution in [2.75, 3.05) is 26.7 Å². The van der Waals surface area contributed by atoms with Crippen LogP contribution >= 0.6 is 0 Å². The van der Waals surface area contributed by atoms with Crippen LogP contribution in [0.25, 0.3) is 0 Å². The Balaban J connectivity index is 2.19. The first-order chi connectivity index (χ1) is 11.6. The van der Waals surface area contributed by atoms with E-state index in [9.17, 15) is 9.59 Å². The minimum Gasteiger partial charge on any atom is -0.468 e. The highest BCUT2D eigenvalue weighted by molar-refractivity contribution is 6.12. The van der Waals surface area contributed by atoms with Gasteiger partial charge in [0.05, 0.1) is 7.11 Å². The van der Waals surface area contributed by atoms with Crippen LogP contribution in [0.2, 0.25) is 0 Å². The predicted octanol–water partition coefficient (Wildman–Crippen LogP) is 3.26. The second-order valence-corrected chi connectivity index (χ2v) is 6.11. The number of Topliss-reactive ketones (excluding diaryl/α,β-unsaturated/α-hetero) is 1. The summed E-state index contributed by atoms with van der Waals surface area (Å²) in [6.07, 6.45) is 4.82. The van der Waals surface area contributed by atoms with E-state index >= 15 is 0 Å². The average Bonchev–Trinajstić information content (AvgIpc) is 2.66. The van der Waals surface area contributed by atoms with Crippen molar-refractivity contribution in [2.24, 2.45) is 5.41 Å². The minimum absolute atomic E-state index is 0.135. The summed E-state index contributed by atoms with van der Waals surface area (Å²) < 4.78 is 4.99. The summed E-state index contributed by atoms with van der Waals surface area (Å²) in [7, 11) is 1.35. The van der Waals surface area contributed by atoms with Gasteiger partial charge >= 0.3 is 5.97 Å². The highest BCUT2D eigenvalue weighted by Crippen LogP contribution is 2.36. The minimum atomic E-state index is -1.07. The molecule has 0 amide bonds. The largest absolute Gasteiger partial charge is 0.468 e. The number of likely N-dealkylation sites (tertiary alicyclic amines) is 1. The van der Waals surface area contributed by atoms with E-state index in [1.165, 1.54) is 7.11 Å². The van der Waals surface area contributed by atoms with Crippen LogP contribution in [0.4, 0.5) is 0 Å². The Hall–Kier alpha value is -2.20. The van der Waals surface area contributed by atoms with Gasteiger partial charge in [-0.15, -0.1) is 0 Å². The van der Waals surface area contributed by atoms with Gasteiger partial charge < -0.3 is 4.74 Å². The van der Waals surface area contributed by atoms with Crippen molar-refractivity contribution < 1.29 is 14.3 Å². The van der Waals surface area contributed by atoms with E-state index in [0.717, 1.165) is 12.1 Å². The molecule has 0 aromatic heterocycles. The molecule has 1 saturated heterocycles. The van der Waals surface area contributed by atoms with Crippen LogP contribution in [0.1, 0.15) is 30.1 Å². The summed E-state index contributed by atoms with van der Waals surface area (Å²) >= 11 is 0. The Bertz CT molecular complexity index is 626. The predicted molar refractivity (Wildman–Crippen MR) is 94.8 cm³/mol. The third-order valence-corrected chi connectivity index (χ3v) is 4.80. The highest BCUT2D eigenvalue weighted by Gasteiger charge is 2.48. The number of ether oxygens (including phenoxy) is 1. The van der Waals surface area contributed by atoms with Gasteiger partial charge in [0.25, 0.3) is 0 Å². The molecule has 0 aliphatic carbocycles. The van der Waals surface area contributed by atoms with Gasteiger partial charge in [0.15, 0.2) is 5.78 Å². The lowest BCUT2D eigenvalue weighted by Gasteiger charge is -2.38. The molecule has 1 aromatic rings. The Morgan fingerprint density at radius 2 is 1.88 bits per heavy atom. The topological polar surface area (TPSA) is 46.6 Å². The maximum Gasteiger partial charge on any atom is 0.319 e. The van der Waals surface area contributed by atoms with Gasteiger partial charge in [0.2, 0.25) is 0 Å². The van der Waals surface area contributed by atoms with Crippen LogP contribution < -0.4 is 0 Å². The first-order valence-electron chi connectivity index (χ1n) is 8.25. The van der Waals surface area contributed by atoms with Gasteiger partial charge in [0, 0.05) is 25.2 Å². The number of methoxy groups -OCH3 is 1. The molecule has 0 N–H and O–H groups in total. The van der Waals surface area contributed by atoms with E-state index in [4.69, 9.17) is 4.74 Å². The molecule has 4 nitrogen and oxygen atoms in total. The Morgan fingerprint density at radius 1 is 1.25 bits per heavy atom. The molecule has 0 unspecified atom stereocenters. The first-order valence-corrected chi connectivity index (χ1v) is 8.25. The van der Waals surface area contributed by atoms with E-state index in [0.29, 0.717) is 31.5 Å². The summed E-state index contributed by atoms with van der Waals surface area (Å²) in [6, 6.07) is 9.01. The fourth-order valence-electron chi connectivity index (χ4n) is 3.21. The zero-order valence-corrected chi connectivity index (χ0v) is 14.5. The average molecular weight is 327 g/mol. The Morgan fingerprint density at radius 3 is 2.38 bits per heavy atom. The summed E-state index contributed by atoms with van der Waals surface area (Å²) in [5.74, 6) is -0.560. The van der Waals surface area contributed by atoms with E-state index in [1.807, 2.05) is 37.3 Å². The van der Waals surface area contributed by atoms with E-state index in [1.54, 1.807) is 12.1 Å². The number of allylic oxidation sites excluding steroid dienone is 1. The Kier molecular flexibility index (Phi) is 6.10. The molecule has 4 heteroatoms. The Labute approximate surface area is 143 Å². The molecule has 0 bridgehead atoms. The van der Waals surface area contributed by atoms with Crippen molar-refractivity contribution in [2.45, 2.75) is 19.8 Å².